The van der Waals surface area contributed by atoms with Gasteiger partial charge in [-0.3, -0.25) is 9.59 Å². The fourth-order valence-corrected chi connectivity index (χ4v) is 2.00. The van der Waals surface area contributed by atoms with Gasteiger partial charge < -0.3 is 10.6 Å². The van der Waals surface area contributed by atoms with E-state index in [0.29, 0.717) is 5.82 Å². The topological polar surface area (TPSA) is 71.1 Å². The number of nitrogens with one attached hydrogen (secondary N) is 2. The van der Waals surface area contributed by atoms with E-state index in [0.717, 1.165) is 5.69 Å². The zero-order valence-electron chi connectivity index (χ0n) is 13.1. The number of anilines is 1. The van der Waals surface area contributed by atoms with Gasteiger partial charge in [0, 0.05) is 24.2 Å². The quantitative estimate of drug-likeness (QED) is 0.854. The van der Waals surface area contributed by atoms with E-state index < -0.39 is 23.3 Å². The van der Waals surface area contributed by atoms with E-state index >= 15 is 0 Å². The van der Waals surface area contributed by atoms with E-state index in [2.05, 4.69) is 15.6 Å². The predicted molar refractivity (Wildman–Crippen MR) is 85.6 cm³/mol. The molecule has 0 fully saturated rings. The number of nitrogens with zero attached hydrogens (tertiary/aromatic N) is 1. The van der Waals surface area contributed by atoms with Crippen LogP contribution in [0.3, 0.4) is 0 Å². The van der Waals surface area contributed by atoms with Crippen LogP contribution in [0.4, 0.5) is 14.6 Å². The molecule has 7 heteroatoms. The van der Waals surface area contributed by atoms with Crippen molar-refractivity contribution in [2.75, 3.05) is 11.9 Å². The van der Waals surface area contributed by atoms with E-state index in [1.807, 2.05) is 0 Å². The van der Waals surface area contributed by atoms with Gasteiger partial charge in [0.05, 0.1) is 0 Å². The van der Waals surface area contributed by atoms with Crippen LogP contribution in [0, 0.1) is 6.92 Å². The number of benzene rings is 1. The SMILES string of the molecule is Cc1cccc(NC(=O)CCNC(=O)C(F)(F)c2ccccc2)n1. The maximum absolute atomic E-state index is 13.9. The largest absolute Gasteiger partial charge is 0.350 e. The number of pyridine rings is 1. The lowest BCUT2D eigenvalue weighted by molar-refractivity contribution is -0.147. The maximum Gasteiger partial charge on any atom is 0.349 e. The third-order valence-corrected chi connectivity index (χ3v) is 3.21. The predicted octanol–water partition coefficient (Wildman–Crippen LogP) is 2.63. The molecule has 1 heterocycles. The first-order valence-electron chi connectivity index (χ1n) is 7.35. The molecule has 0 bridgehead atoms. The van der Waals surface area contributed by atoms with Crippen molar-refractivity contribution in [1.29, 1.82) is 0 Å². The summed E-state index contributed by atoms with van der Waals surface area (Å²) in [4.78, 5) is 27.5. The number of carbonyl (C=O) groups is 2. The van der Waals surface area contributed by atoms with Crippen molar-refractivity contribution < 1.29 is 18.4 Å². The van der Waals surface area contributed by atoms with E-state index in [-0.39, 0.29) is 13.0 Å². The maximum atomic E-state index is 13.9. The van der Waals surface area contributed by atoms with E-state index in [4.69, 9.17) is 0 Å². The lowest BCUT2D eigenvalue weighted by Crippen LogP contribution is -2.39. The molecule has 126 valence electrons. The zero-order chi connectivity index (χ0) is 17.6. The molecule has 0 aliphatic rings. The third-order valence-electron chi connectivity index (χ3n) is 3.21. The van der Waals surface area contributed by atoms with Crippen LogP contribution in [0.1, 0.15) is 17.7 Å². The van der Waals surface area contributed by atoms with Crippen LogP contribution in [-0.4, -0.2) is 23.3 Å². The monoisotopic (exact) mass is 333 g/mol. The van der Waals surface area contributed by atoms with Crippen molar-refractivity contribution in [1.82, 2.24) is 10.3 Å². The van der Waals surface area contributed by atoms with Crippen molar-refractivity contribution in [2.45, 2.75) is 19.3 Å². The summed E-state index contributed by atoms with van der Waals surface area (Å²) in [5.41, 5.74) is 0.347. The van der Waals surface area contributed by atoms with Crippen LogP contribution in [0.5, 0.6) is 0 Å². The second-order valence-electron chi connectivity index (χ2n) is 5.16. The molecule has 0 saturated carbocycles. The third kappa shape index (κ3) is 4.58. The number of aryl methyl sites for hydroxylation is 1. The Labute approximate surface area is 138 Å². The lowest BCUT2D eigenvalue weighted by Gasteiger charge is -2.16. The lowest BCUT2D eigenvalue weighted by atomic mass is 10.1. The molecule has 1 aromatic carbocycles. The first-order valence-corrected chi connectivity index (χ1v) is 7.35. The Morgan fingerprint density at radius 2 is 1.79 bits per heavy atom. The number of carbonyl (C=O) groups excluding carboxylic acids is 2. The fraction of sp³-hybridized carbons (Fsp3) is 0.235. The van der Waals surface area contributed by atoms with Crippen LogP contribution in [0.15, 0.2) is 48.5 Å². The number of rotatable bonds is 6. The molecule has 0 atom stereocenters. The van der Waals surface area contributed by atoms with E-state index in [1.54, 1.807) is 31.2 Å². The number of halogens is 2. The molecule has 0 saturated heterocycles. The Hall–Kier alpha value is -2.83. The first-order chi connectivity index (χ1) is 11.4. The van der Waals surface area contributed by atoms with Gasteiger partial charge in [0.1, 0.15) is 5.82 Å². The van der Waals surface area contributed by atoms with E-state index in [9.17, 15) is 18.4 Å². The van der Waals surface area contributed by atoms with Crippen molar-refractivity contribution in [3.63, 3.8) is 0 Å². The molecule has 5 nitrogen and oxygen atoms in total. The van der Waals surface area contributed by atoms with Gasteiger partial charge in [-0.1, -0.05) is 36.4 Å². The standard InChI is InChI=1S/C17H17F2N3O2/c1-12-6-5-9-14(21-12)22-15(23)10-11-20-16(24)17(18,19)13-7-3-2-4-8-13/h2-9H,10-11H2,1H3,(H,20,24)(H,21,22,23). The van der Waals surface area contributed by atoms with Gasteiger partial charge >= 0.3 is 5.92 Å². The van der Waals surface area contributed by atoms with Gasteiger partial charge in [-0.25, -0.2) is 4.98 Å². The van der Waals surface area contributed by atoms with Crippen LogP contribution < -0.4 is 10.6 Å². The molecular weight excluding hydrogens is 316 g/mol. The van der Waals surface area contributed by atoms with Gasteiger partial charge in [-0.15, -0.1) is 0 Å². The van der Waals surface area contributed by atoms with Gasteiger partial charge in [0.25, 0.3) is 5.91 Å². The van der Waals surface area contributed by atoms with Crippen LogP contribution >= 0.6 is 0 Å². The minimum absolute atomic E-state index is 0.133. The van der Waals surface area contributed by atoms with Crippen LogP contribution in [-0.2, 0) is 15.5 Å². The van der Waals surface area contributed by atoms with Crippen molar-refractivity contribution in [2.24, 2.45) is 0 Å². The zero-order valence-corrected chi connectivity index (χ0v) is 13.1. The molecular formula is C17H17F2N3O2. The Balaban J connectivity index is 1.83. The number of amides is 2. The fourth-order valence-electron chi connectivity index (χ4n) is 2.00. The molecule has 1 aromatic heterocycles. The summed E-state index contributed by atoms with van der Waals surface area (Å²) in [7, 11) is 0. The summed E-state index contributed by atoms with van der Waals surface area (Å²) in [5.74, 6) is -5.12. The van der Waals surface area contributed by atoms with Crippen LogP contribution in [0.2, 0.25) is 0 Å². The second kappa shape index (κ2) is 7.63. The average Bonchev–Trinajstić information content (AvgIpc) is 2.55. The Morgan fingerprint density at radius 1 is 1.08 bits per heavy atom. The normalized spacial score (nSPS) is 11.0. The highest BCUT2D eigenvalue weighted by atomic mass is 19.3. The molecule has 0 spiro atoms. The summed E-state index contributed by atoms with van der Waals surface area (Å²) in [6.07, 6.45) is -0.133. The summed E-state index contributed by atoms with van der Waals surface area (Å²) in [6.45, 7) is 1.58. The second-order valence-corrected chi connectivity index (χ2v) is 5.16. The molecule has 2 aromatic rings. The summed E-state index contributed by atoms with van der Waals surface area (Å²) >= 11 is 0. The number of hydrogen-bond donors (Lipinski definition) is 2. The highest BCUT2D eigenvalue weighted by molar-refractivity contribution is 5.90. The van der Waals surface area contributed by atoms with Crippen LogP contribution in [0.25, 0.3) is 0 Å². The molecule has 2 rings (SSSR count). The van der Waals surface area contributed by atoms with Gasteiger partial charge in [0.2, 0.25) is 5.91 Å². The van der Waals surface area contributed by atoms with Gasteiger partial charge in [-0.05, 0) is 19.1 Å². The minimum atomic E-state index is -3.64. The smallest absolute Gasteiger partial charge is 0.349 e. The summed E-state index contributed by atoms with van der Waals surface area (Å²) in [6, 6.07) is 11.9. The average molecular weight is 333 g/mol. The Kier molecular flexibility index (Phi) is 5.57. The molecule has 24 heavy (non-hydrogen) atoms. The summed E-state index contributed by atoms with van der Waals surface area (Å²) < 4.78 is 27.9. The first kappa shape index (κ1) is 17.5. The molecule has 0 radical (unpaired) electrons. The molecule has 2 amide bonds. The van der Waals surface area contributed by atoms with Gasteiger partial charge in [-0.2, -0.15) is 8.78 Å². The van der Waals surface area contributed by atoms with E-state index in [1.165, 1.54) is 24.3 Å². The molecule has 0 unspecified atom stereocenters. The molecule has 0 aliphatic heterocycles. The number of aromatic nitrogens is 1. The highest BCUT2D eigenvalue weighted by Gasteiger charge is 2.40. The van der Waals surface area contributed by atoms with Crippen molar-refractivity contribution in [3.05, 3.63) is 59.8 Å². The minimum Gasteiger partial charge on any atom is -0.350 e. The Bertz CT molecular complexity index is 721. The molecule has 0 aliphatic carbocycles. The Morgan fingerprint density at radius 3 is 2.46 bits per heavy atom. The highest BCUT2D eigenvalue weighted by Crippen LogP contribution is 2.27. The van der Waals surface area contributed by atoms with Crippen molar-refractivity contribution >= 4 is 17.6 Å². The number of hydrogen-bond acceptors (Lipinski definition) is 3. The molecule has 2 N–H and O–H groups in total. The van der Waals surface area contributed by atoms with Gasteiger partial charge in [0.15, 0.2) is 0 Å². The van der Waals surface area contributed by atoms with Crippen molar-refractivity contribution in [3.8, 4) is 0 Å². The number of alkyl halides is 2. The summed E-state index contributed by atoms with van der Waals surface area (Å²) in [5, 5.41) is 4.62.